The molecule has 1 aromatic heterocycles. The van der Waals surface area contributed by atoms with E-state index in [-0.39, 0.29) is 4.90 Å². The van der Waals surface area contributed by atoms with Gasteiger partial charge in [-0.2, -0.15) is 0 Å². The monoisotopic (exact) mass is 330 g/mol. The van der Waals surface area contributed by atoms with E-state index in [4.69, 9.17) is 16.7 Å². The highest BCUT2D eigenvalue weighted by atomic mass is 35.5. The average Bonchev–Trinajstić information content (AvgIpc) is 2.75. The summed E-state index contributed by atoms with van der Waals surface area (Å²) in [4.78, 5) is 1.19. The normalized spacial score (nSPS) is 11.6. The second kappa shape index (κ2) is 5.73. The van der Waals surface area contributed by atoms with E-state index >= 15 is 0 Å². The molecule has 0 aliphatic rings. The summed E-state index contributed by atoms with van der Waals surface area (Å²) >= 11 is 7.37. The average molecular weight is 331 g/mol. The van der Waals surface area contributed by atoms with E-state index in [2.05, 4.69) is 5.32 Å². The molecule has 1 aromatic carbocycles. The molecular weight excluding hydrogens is 316 g/mol. The highest BCUT2D eigenvalue weighted by Crippen LogP contribution is 2.26. The molecule has 0 unspecified atom stereocenters. The Bertz CT molecular complexity index is 739. The predicted octanol–water partition coefficient (Wildman–Crippen LogP) is 3.28. The molecule has 3 N–H and O–H groups in total. The van der Waals surface area contributed by atoms with Crippen molar-refractivity contribution >= 4 is 38.6 Å². The van der Waals surface area contributed by atoms with E-state index in [9.17, 15) is 8.42 Å². The maximum atomic E-state index is 11.5. The lowest BCUT2D eigenvalue weighted by Gasteiger charge is -2.13. The van der Waals surface area contributed by atoms with Crippen molar-refractivity contribution in [2.45, 2.75) is 25.3 Å². The van der Waals surface area contributed by atoms with Gasteiger partial charge in [0.2, 0.25) is 10.0 Å². The molecule has 0 spiro atoms. The Kier molecular flexibility index (Phi) is 4.39. The van der Waals surface area contributed by atoms with Crippen molar-refractivity contribution in [2.75, 3.05) is 5.32 Å². The van der Waals surface area contributed by atoms with Crippen molar-refractivity contribution in [3.63, 3.8) is 0 Å². The minimum Gasteiger partial charge on any atom is -0.380 e. The fraction of sp³-hybridized carbons (Fsp3) is 0.231. The largest absolute Gasteiger partial charge is 0.380 e. The number of hydrogen-bond donors (Lipinski definition) is 2. The van der Waals surface area contributed by atoms with Gasteiger partial charge in [-0.15, -0.1) is 11.3 Å². The van der Waals surface area contributed by atoms with Crippen LogP contribution >= 0.6 is 22.9 Å². The van der Waals surface area contributed by atoms with Crippen molar-refractivity contribution < 1.29 is 8.42 Å². The lowest BCUT2D eigenvalue weighted by molar-refractivity contribution is 0.597. The van der Waals surface area contributed by atoms with E-state index in [1.54, 1.807) is 12.1 Å². The number of rotatable bonds is 4. The molecule has 0 amide bonds. The zero-order valence-corrected chi connectivity index (χ0v) is 13.5. The Hall–Kier alpha value is -1.08. The van der Waals surface area contributed by atoms with Crippen LogP contribution in [0.3, 0.4) is 0 Å². The van der Waals surface area contributed by atoms with E-state index in [0.717, 1.165) is 26.0 Å². The van der Waals surface area contributed by atoms with Gasteiger partial charge in [0.1, 0.15) is 0 Å². The van der Waals surface area contributed by atoms with Gasteiger partial charge in [0, 0.05) is 17.1 Å². The van der Waals surface area contributed by atoms with E-state index in [1.807, 2.05) is 26.0 Å². The van der Waals surface area contributed by atoms with Crippen LogP contribution in [0.5, 0.6) is 0 Å². The van der Waals surface area contributed by atoms with E-state index < -0.39 is 10.0 Å². The number of primary sulfonamides is 1. The molecule has 0 saturated heterocycles. The number of halogens is 1. The SMILES string of the molecule is Cc1cc(S(N)(=O)=O)cc(NCc2ccc(Cl)s2)c1C. The van der Waals surface area contributed by atoms with Crippen molar-refractivity contribution in [1.82, 2.24) is 0 Å². The zero-order chi connectivity index (χ0) is 14.9. The van der Waals surface area contributed by atoms with Crippen LogP contribution in [0, 0.1) is 13.8 Å². The molecule has 108 valence electrons. The smallest absolute Gasteiger partial charge is 0.238 e. The van der Waals surface area contributed by atoms with Gasteiger partial charge in [0.15, 0.2) is 0 Å². The van der Waals surface area contributed by atoms with Gasteiger partial charge in [-0.25, -0.2) is 13.6 Å². The van der Waals surface area contributed by atoms with Crippen LogP contribution in [0.25, 0.3) is 0 Å². The summed E-state index contributed by atoms with van der Waals surface area (Å²) in [6.07, 6.45) is 0. The number of anilines is 1. The highest BCUT2D eigenvalue weighted by molar-refractivity contribution is 7.89. The Morgan fingerprint density at radius 3 is 2.55 bits per heavy atom. The fourth-order valence-corrected chi connectivity index (χ4v) is 3.45. The van der Waals surface area contributed by atoms with Crippen LogP contribution in [-0.4, -0.2) is 8.42 Å². The van der Waals surface area contributed by atoms with Crippen LogP contribution in [0.15, 0.2) is 29.2 Å². The van der Waals surface area contributed by atoms with Gasteiger partial charge in [-0.05, 0) is 49.2 Å². The van der Waals surface area contributed by atoms with Gasteiger partial charge in [-0.1, -0.05) is 11.6 Å². The van der Waals surface area contributed by atoms with Gasteiger partial charge >= 0.3 is 0 Å². The number of benzene rings is 1. The minimum atomic E-state index is -3.70. The zero-order valence-electron chi connectivity index (χ0n) is 11.1. The molecule has 7 heteroatoms. The van der Waals surface area contributed by atoms with Gasteiger partial charge in [0.05, 0.1) is 9.23 Å². The topological polar surface area (TPSA) is 72.2 Å². The number of aryl methyl sites for hydroxylation is 1. The second-order valence-corrected chi connectivity index (χ2v) is 7.88. The lowest BCUT2D eigenvalue weighted by Crippen LogP contribution is -2.13. The summed E-state index contributed by atoms with van der Waals surface area (Å²) in [6.45, 7) is 4.38. The Labute approximate surface area is 127 Å². The number of sulfonamides is 1. The first-order chi connectivity index (χ1) is 9.27. The maximum absolute atomic E-state index is 11.5. The van der Waals surface area contributed by atoms with Crippen molar-refractivity contribution in [2.24, 2.45) is 5.14 Å². The van der Waals surface area contributed by atoms with Crippen LogP contribution in [0.4, 0.5) is 5.69 Å². The van der Waals surface area contributed by atoms with Crippen molar-refractivity contribution in [3.8, 4) is 0 Å². The second-order valence-electron chi connectivity index (χ2n) is 4.52. The third kappa shape index (κ3) is 3.52. The molecule has 0 aliphatic heterocycles. The summed E-state index contributed by atoms with van der Waals surface area (Å²) in [6, 6.07) is 6.92. The summed E-state index contributed by atoms with van der Waals surface area (Å²) < 4.78 is 23.7. The standard InChI is InChI=1S/C13H15ClN2O2S2/c1-8-5-11(20(15,17)18)6-12(9(8)2)16-7-10-3-4-13(14)19-10/h3-6,16H,7H2,1-2H3,(H2,15,17,18). The number of thiophene rings is 1. The quantitative estimate of drug-likeness (QED) is 0.903. The van der Waals surface area contributed by atoms with Crippen LogP contribution < -0.4 is 10.5 Å². The molecule has 1 heterocycles. The molecule has 0 radical (unpaired) electrons. The van der Waals surface area contributed by atoms with Gasteiger partial charge in [-0.3, -0.25) is 0 Å². The van der Waals surface area contributed by atoms with Crippen LogP contribution in [0.1, 0.15) is 16.0 Å². The predicted molar refractivity (Wildman–Crippen MR) is 83.9 cm³/mol. The Balaban J connectivity index is 2.29. The molecule has 2 aromatic rings. The maximum Gasteiger partial charge on any atom is 0.238 e. The lowest BCUT2D eigenvalue weighted by atomic mass is 10.1. The molecule has 0 saturated carbocycles. The fourth-order valence-electron chi connectivity index (χ4n) is 1.80. The Morgan fingerprint density at radius 2 is 2.00 bits per heavy atom. The first kappa shape index (κ1) is 15.3. The molecule has 4 nitrogen and oxygen atoms in total. The molecule has 20 heavy (non-hydrogen) atoms. The molecule has 0 fully saturated rings. The number of hydrogen-bond acceptors (Lipinski definition) is 4. The van der Waals surface area contributed by atoms with E-state index in [1.165, 1.54) is 11.3 Å². The number of nitrogens with two attached hydrogens (primary N) is 1. The third-order valence-electron chi connectivity index (χ3n) is 3.05. The molecular formula is C13H15ClN2O2S2. The van der Waals surface area contributed by atoms with Gasteiger partial charge < -0.3 is 5.32 Å². The first-order valence-corrected chi connectivity index (χ1v) is 8.63. The van der Waals surface area contributed by atoms with Crippen molar-refractivity contribution in [1.29, 1.82) is 0 Å². The molecule has 0 aliphatic carbocycles. The molecule has 0 atom stereocenters. The van der Waals surface area contributed by atoms with E-state index in [0.29, 0.717) is 6.54 Å². The summed E-state index contributed by atoms with van der Waals surface area (Å²) in [5.41, 5.74) is 2.64. The summed E-state index contributed by atoms with van der Waals surface area (Å²) in [7, 11) is -3.70. The summed E-state index contributed by atoms with van der Waals surface area (Å²) in [5, 5.41) is 8.41. The minimum absolute atomic E-state index is 0.118. The molecule has 2 rings (SSSR count). The Morgan fingerprint density at radius 1 is 1.30 bits per heavy atom. The summed E-state index contributed by atoms with van der Waals surface area (Å²) in [5.74, 6) is 0. The third-order valence-corrected chi connectivity index (χ3v) is 5.18. The first-order valence-electron chi connectivity index (χ1n) is 5.89. The highest BCUT2D eigenvalue weighted by Gasteiger charge is 2.12. The van der Waals surface area contributed by atoms with Crippen LogP contribution in [-0.2, 0) is 16.6 Å². The number of nitrogens with one attached hydrogen (secondary N) is 1. The van der Waals surface area contributed by atoms with Crippen LogP contribution in [0.2, 0.25) is 4.34 Å². The molecule has 0 bridgehead atoms. The van der Waals surface area contributed by atoms with Gasteiger partial charge in [0.25, 0.3) is 0 Å². The van der Waals surface area contributed by atoms with Crippen molar-refractivity contribution in [3.05, 3.63) is 44.6 Å².